The Bertz CT molecular complexity index is 1130. The largest absolute Gasteiger partial charge is 0.484 e. The summed E-state index contributed by atoms with van der Waals surface area (Å²) in [4.78, 5) is 21.1. The quantitative estimate of drug-likeness (QED) is 0.574. The third kappa shape index (κ3) is 3.71. The number of nitrogens with zero attached hydrogens (tertiary/aromatic N) is 3. The number of fused-ring (bicyclic) bond motifs is 1. The highest BCUT2D eigenvalue weighted by molar-refractivity contribution is 5.92. The van der Waals surface area contributed by atoms with Gasteiger partial charge in [-0.05, 0) is 44.2 Å². The lowest BCUT2D eigenvalue weighted by Crippen LogP contribution is -2.20. The molecule has 140 valence electrons. The summed E-state index contributed by atoms with van der Waals surface area (Å²) in [5.74, 6) is 1.10. The van der Waals surface area contributed by atoms with Crippen molar-refractivity contribution in [1.82, 2.24) is 14.4 Å². The molecule has 4 aromatic rings. The van der Waals surface area contributed by atoms with Crippen molar-refractivity contribution < 1.29 is 9.53 Å². The molecule has 6 heteroatoms. The predicted molar refractivity (Wildman–Crippen MR) is 108 cm³/mol. The van der Waals surface area contributed by atoms with E-state index in [2.05, 4.69) is 15.3 Å². The third-order valence-electron chi connectivity index (χ3n) is 4.45. The maximum Gasteiger partial charge on any atom is 0.262 e. The smallest absolute Gasteiger partial charge is 0.262 e. The first-order valence-electron chi connectivity index (χ1n) is 8.99. The molecule has 28 heavy (non-hydrogen) atoms. The van der Waals surface area contributed by atoms with Gasteiger partial charge in [-0.15, -0.1) is 0 Å². The number of benzene rings is 2. The summed E-state index contributed by atoms with van der Waals surface area (Å²) in [6.45, 7) is 3.95. The number of amides is 1. The Balaban J connectivity index is 1.48. The fraction of sp³-hybridized carbons (Fsp3) is 0.136. The monoisotopic (exact) mass is 372 g/mol. The summed E-state index contributed by atoms with van der Waals surface area (Å²) in [7, 11) is 0. The summed E-state index contributed by atoms with van der Waals surface area (Å²) in [5, 5.41) is 2.87. The lowest BCUT2D eigenvalue weighted by Gasteiger charge is -2.09. The average Bonchev–Trinajstić information content (AvgIpc) is 3.05. The molecule has 0 radical (unpaired) electrons. The van der Waals surface area contributed by atoms with E-state index in [4.69, 9.17) is 4.74 Å². The van der Waals surface area contributed by atoms with Crippen molar-refractivity contribution in [3.63, 3.8) is 0 Å². The van der Waals surface area contributed by atoms with Crippen LogP contribution in [-0.4, -0.2) is 26.9 Å². The Morgan fingerprint density at radius 3 is 2.71 bits per heavy atom. The molecule has 0 bridgehead atoms. The summed E-state index contributed by atoms with van der Waals surface area (Å²) in [5.41, 5.74) is 4.59. The highest BCUT2D eigenvalue weighted by atomic mass is 16.5. The lowest BCUT2D eigenvalue weighted by molar-refractivity contribution is -0.118. The number of hydrogen-bond donors (Lipinski definition) is 1. The molecule has 2 aromatic carbocycles. The molecule has 0 aliphatic rings. The number of rotatable bonds is 5. The van der Waals surface area contributed by atoms with Gasteiger partial charge in [0.25, 0.3) is 5.91 Å². The van der Waals surface area contributed by atoms with Crippen molar-refractivity contribution in [2.45, 2.75) is 13.8 Å². The molecule has 0 unspecified atom stereocenters. The molecule has 0 spiro atoms. The number of imidazole rings is 1. The van der Waals surface area contributed by atoms with Crippen molar-refractivity contribution in [2.24, 2.45) is 0 Å². The molecular weight excluding hydrogens is 352 g/mol. The van der Waals surface area contributed by atoms with Crippen LogP contribution in [0.25, 0.3) is 17.0 Å². The molecule has 0 aliphatic carbocycles. The van der Waals surface area contributed by atoms with Gasteiger partial charge in [0.15, 0.2) is 6.61 Å². The van der Waals surface area contributed by atoms with Crippen LogP contribution >= 0.6 is 0 Å². The fourth-order valence-electron chi connectivity index (χ4n) is 3.00. The van der Waals surface area contributed by atoms with Crippen molar-refractivity contribution in [3.8, 4) is 17.0 Å². The molecule has 6 nitrogen and oxygen atoms in total. The van der Waals surface area contributed by atoms with Gasteiger partial charge in [-0.25, -0.2) is 9.97 Å². The minimum atomic E-state index is -0.217. The Hall–Kier alpha value is -3.67. The number of nitrogens with one attached hydrogen (secondary N) is 1. The van der Waals surface area contributed by atoms with E-state index in [0.29, 0.717) is 17.2 Å². The number of carbonyl (C=O) groups excluding carboxylic acids is 1. The average molecular weight is 372 g/mol. The van der Waals surface area contributed by atoms with Gasteiger partial charge in [-0.3, -0.25) is 9.20 Å². The fourth-order valence-corrected chi connectivity index (χ4v) is 3.00. The molecule has 0 fully saturated rings. The molecule has 0 aliphatic heterocycles. The van der Waals surface area contributed by atoms with Gasteiger partial charge in [-0.1, -0.05) is 29.8 Å². The van der Waals surface area contributed by atoms with Crippen LogP contribution in [0.5, 0.6) is 5.75 Å². The maximum absolute atomic E-state index is 12.2. The molecule has 0 atom stereocenters. The number of anilines is 1. The zero-order chi connectivity index (χ0) is 19.5. The zero-order valence-electron chi connectivity index (χ0n) is 15.7. The highest BCUT2D eigenvalue weighted by Gasteiger charge is 2.12. The van der Waals surface area contributed by atoms with E-state index in [-0.39, 0.29) is 12.5 Å². The van der Waals surface area contributed by atoms with Crippen molar-refractivity contribution in [3.05, 3.63) is 78.2 Å². The van der Waals surface area contributed by atoms with Crippen LogP contribution in [0.2, 0.25) is 0 Å². The van der Waals surface area contributed by atoms with E-state index in [1.807, 2.05) is 79.0 Å². The van der Waals surface area contributed by atoms with Gasteiger partial charge in [0.2, 0.25) is 5.78 Å². The third-order valence-corrected chi connectivity index (χ3v) is 4.45. The number of aryl methyl sites for hydroxylation is 2. The molecule has 0 saturated carbocycles. The lowest BCUT2D eigenvalue weighted by atomic mass is 10.1. The van der Waals surface area contributed by atoms with Crippen LogP contribution in [0.1, 0.15) is 11.3 Å². The maximum atomic E-state index is 12.2. The van der Waals surface area contributed by atoms with Crippen LogP contribution in [-0.2, 0) is 4.79 Å². The van der Waals surface area contributed by atoms with E-state index in [9.17, 15) is 4.79 Å². The topological polar surface area (TPSA) is 68.5 Å². The second-order valence-electron chi connectivity index (χ2n) is 6.57. The summed E-state index contributed by atoms with van der Waals surface area (Å²) in [6, 6.07) is 17.1. The van der Waals surface area contributed by atoms with Crippen molar-refractivity contribution in [2.75, 3.05) is 11.9 Å². The first-order chi connectivity index (χ1) is 13.6. The summed E-state index contributed by atoms with van der Waals surface area (Å²) < 4.78 is 7.47. The van der Waals surface area contributed by atoms with E-state index in [0.717, 1.165) is 22.5 Å². The molecule has 1 N–H and O–H groups in total. The van der Waals surface area contributed by atoms with Crippen molar-refractivity contribution in [1.29, 1.82) is 0 Å². The normalized spacial score (nSPS) is 10.8. The van der Waals surface area contributed by atoms with E-state index < -0.39 is 0 Å². The van der Waals surface area contributed by atoms with Gasteiger partial charge in [0.1, 0.15) is 5.75 Å². The standard InChI is InChI=1S/C22H20N4O2/c1-15-7-9-19(10-8-15)28-14-20(27)24-18-6-3-5-17(13-18)21-16(2)26-12-4-11-23-22(26)25-21/h3-13H,14H2,1-2H3,(H,24,27). The predicted octanol–water partition coefficient (Wildman–Crippen LogP) is 4.03. The van der Waals surface area contributed by atoms with Crippen LogP contribution in [0.4, 0.5) is 5.69 Å². The van der Waals surface area contributed by atoms with Crippen LogP contribution in [0.15, 0.2) is 67.0 Å². The van der Waals surface area contributed by atoms with Crippen LogP contribution in [0.3, 0.4) is 0 Å². The van der Waals surface area contributed by atoms with Gasteiger partial charge >= 0.3 is 0 Å². The minimum absolute atomic E-state index is 0.0510. The molecule has 4 rings (SSSR count). The Morgan fingerprint density at radius 1 is 1.11 bits per heavy atom. The van der Waals surface area contributed by atoms with Crippen LogP contribution < -0.4 is 10.1 Å². The molecule has 1 amide bonds. The van der Waals surface area contributed by atoms with Gasteiger partial charge in [0.05, 0.1) is 5.69 Å². The Morgan fingerprint density at radius 2 is 1.93 bits per heavy atom. The highest BCUT2D eigenvalue weighted by Crippen LogP contribution is 2.25. The number of hydrogen-bond acceptors (Lipinski definition) is 4. The van der Waals surface area contributed by atoms with Gasteiger partial charge < -0.3 is 10.1 Å². The number of carbonyl (C=O) groups is 1. The second-order valence-corrected chi connectivity index (χ2v) is 6.57. The van der Waals surface area contributed by atoms with Gasteiger partial charge in [-0.2, -0.15) is 0 Å². The minimum Gasteiger partial charge on any atom is -0.484 e. The van der Waals surface area contributed by atoms with E-state index in [1.54, 1.807) is 6.20 Å². The molecule has 2 aromatic heterocycles. The summed E-state index contributed by atoms with van der Waals surface area (Å²) >= 11 is 0. The molecular formula is C22H20N4O2. The van der Waals surface area contributed by atoms with E-state index in [1.165, 1.54) is 0 Å². The second kappa shape index (κ2) is 7.52. The Kier molecular flexibility index (Phi) is 4.76. The number of ether oxygens (including phenoxy) is 1. The van der Waals surface area contributed by atoms with E-state index >= 15 is 0 Å². The number of aromatic nitrogens is 3. The molecule has 0 saturated heterocycles. The Labute approximate surface area is 162 Å². The van der Waals surface area contributed by atoms with Gasteiger partial charge in [0, 0.05) is 29.3 Å². The van der Waals surface area contributed by atoms with Crippen LogP contribution in [0, 0.1) is 13.8 Å². The first kappa shape index (κ1) is 17.7. The SMILES string of the molecule is Cc1ccc(OCC(=O)Nc2cccc(-c3nc4ncccn4c3C)c2)cc1. The first-order valence-corrected chi connectivity index (χ1v) is 8.99. The van der Waals surface area contributed by atoms with Crippen molar-refractivity contribution >= 4 is 17.4 Å². The molecule has 2 heterocycles. The zero-order valence-corrected chi connectivity index (χ0v) is 15.7. The summed E-state index contributed by atoms with van der Waals surface area (Å²) in [6.07, 6.45) is 3.65.